The van der Waals surface area contributed by atoms with Crippen LogP contribution in [0.1, 0.15) is 32.6 Å². The third kappa shape index (κ3) is 3.92. The van der Waals surface area contributed by atoms with Crippen LogP contribution in [0.15, 0.2) is 4.99 Å². The van der Waals surface area contributed by atoms with Gasteiger partial charge in [-0.25, -0.2) is 4.99 Å². The van der Waals surface area contributed by atoms with Crippen LogP contribution in [0.2, 0.25) is 0 Å². The summed E-state index contributed by atoms with van der Waals surface area (Å²) in [5.74, 6) is -6.27. The van der Waals surface area contributed by atoms with Crippen molar-refractivity contribution in [2.75, 3.05) is 0 Å². The highest BCUT2D eigenvalue weighted by molar-refractivity contribution is 5.94. The lowest BCUT2D eigenvalue weighted by Gasteiger charge is -2.34. The predicted octanol–water partition coefficient (Wildman–Crippen LogP) is 4.63. The maximum absolute atomic E-state index is 13.0. The van der Waals surface area contributed by atoms with Crippen molar-refractivity contribution in [2.24, 2.45) is 16.8 Å². The first-order valence-electron chi connectivity index (χ1n) is 6.69. The molecule has 1 heterocycles. The third-order valence-electron chi connectivity index (χ3n) is 3.66. The van der Waals surface area contributed by atoms with Crippen LogP contribution >= 0.6 is 0 Å². The fourth-order valence-corrected chi connectivity index (χ4v) is 2.66. The van der Waals surface area contributed by atoms with Gasteiger partial charge >= 0.3 is 18.5 Å². The Morgan fingerprint density at radius 3 is 1.87 bits per heavy atom. The van der Waals surface area contributed by atoms with E-state index in [2.05, 4.69) is 4.99 Å². The van der Waals surface area contributed by atoms with E-state index in [4.69, 9.17) is 0 Å². The Hall–Kier alpha value is -1.00. The van der Waals surface area contributed by atoms with Crippen molar-refractivity contribution in [1.82, 2.24) is 0 Å². The molecule has 23 heavy (non-hydrogen) atoms. The molecule has 0 aliphatic carbocycles. The number of aliphatic hydroxyl groups is 1. The Morgan fingerprint density at radius 2 is 1.52 bits per heavy atom. The lowest BCUT2D eigenvalue weighted by molar-refractivity contribution is -0.323. The minimum atomic E-state index is -5.98. The number of hydrogen-bond acceptors (Lipinski definition) is 2. The van der Waals surface area contributed by atoms with Crippen molar-refractivity contribution in [3.63, 3.8) is 0 Å². The molecule has 0 aromatic heterocycles. The average Bonchev–Trinajstić information content (AvgIpc) is 2.63. The van der Waals surface area contributed by atoms with Crippen LogP contribution < -0.4 is 0 Å². The number of aliphatic imine (C=N–C) groups is 1. The van der Waals surface area contributed by atoms with Crippen molar-refractivity contribution in [1.29, 1.82) is 0 Å². The molecule has 136 valence electrons. The summed E-state index contributed by atoms with van der Waals surface area (Å²) < 4.78 is 116. The van der Waals surface area contributed by atoms with Gasteiger partial charge in [-0.15, -0.1) is 0 Å². The molecule has 0 saturated carbocycles. The van der Waals surface area contributed by atoms with E-state index in [1.54, 1.807) is 6.92 Å². The van der Waals surface area contributed by atoms with E-state index in [1.807, 2.05) is 0 Å². The highest BCUT2D eigenvalue weighted by atomic mass is 19.4. The predicted molar refractivity (Wildman–Crippen MR) is 61.7 cm³/mol. The van der Waals surface area contributed by atoms with Crippen LogP contribution in [0.3, 0.4) is 0 Å². The quantitative estimate of drug-likeness (QED) is 0.576. The smallest absolute Gasteiger partial charge is 0.362 e. The molecule has 1 aliphatic heterocycles. The van der Waals surface area contributed by atoms with Gasteiger partial charge < -0.3 is 5.11 Å². The van der Waals surface area contributed by atoms with E-state index in [9.17, 15) is 44.6 Å². The van der Waals surface area contributed by atoms with Crippen molar-refractivity contribution in [3.05, 3.63) is 0 Å². The molecule has 0 saturated heterocycles. The number of hydrogen-bond donors (Lipinski definition) is 1. The fourth-order valence-electron chi connectivity index (χ4n) is 2.66. The minimum absolute atomic E-state index is 0.142. The van der Waals surface area contributed by atoms with Crippen LogP contribution in [-0.4, -0.2) is 35.1 Å². The van der Waals surface area contributed by atoms with Crippen LogP contribution in [0, 0.1) is 11.8 Å². The zero-order valence-electron chi connectivity index (χ0n) is 11.8. The molecule has 3 atom stereocenters. The second-order valence-corrected chi connectivity index (χ2v) is 5.34. The topological polar surface area (TPSA) is 32.6 Å². The van der Waals surface area contributed by atoms with Crippen LogP contribution in [0.4, 0.5) is 39.5 Å². The van der Waals surface area contributed by atoms with E-state index in [1.165, 1.54) is 0 Å². The molecule has 1 aliphatic rings. The summed E-state index contributed by atoms with van der Waals surface area (Å²) in [7, 11) is 0. The Morgan fingerprint density at radius 1 is 1.00 bits per heavy atom. The highest BCUT2D eigenvalue weighted by Crippen LogP contribution is 2.55. The van der Waals surface area contributed by atoms with Gasteiger partial charge in [0.25, 0.3) is 5.72 Å². The number of nitrogens with zero attached hydrogens (tertiary/aromatic N) is 1. The SMILES string of the molecule is CCCCCC1C(C(F)(F)F)=N[C@@](O)(C(F)(F)F)[C@@H]1C(F)(F)F. The van der Waals surface area contributed by atoms with Crippen LogP contribution in [0.25, 0.3) is 0 Å². The molecular weight excluding hydrogens is 345 g/mol. The molecule has 0 radical (unpaired) electrons. The number of unbranched alkanes of at least 4 members (excludes halogenated alkanes) is 2. The Bertz CT molecular complexity index is 451. The second kappa shape index (κ2) is 6.14. The van der Waals surface area contributed by atoms with Gasteiger partial charge in [0.2, 0.25) is 0 Å². The molecule has 11 heteroatoms. The molecule has 2 nitrogen and oxygen atoms in total. The largest absolute Gasteiger partial charge is 0.438 e. The first-order valence-corrected chi connectivity index (χ1v) is 6.69. The third-order valence-corrected chi connectivity index (χ3v) is 3.66. The van der Waals surface area contributed by atoms with Gasteiger partial charge in [0.05, 0.1) is 0 Å². The second-order valence-electron chi connectivity index (χ2n) is 5.34. The summed E-state index contributed by atoms with van der Waals surface area (Å²) in [4.78, 5) is 2.07. The fraction of sp³-hybridized carbons (Fsp3) is 0.917. The first kappa shape index (κ1) is 20.0. The first-order chi connectivity index (χ1) is 10.2. The zero-order valence-corrected chi connectivity index (χ0v) is 11.8. The van der Waals surface area contributed by atoms with E-state index in [-0.39, 0.29) is 12.8 Å². The maximum atomic E-state index is 13.0. The molecule has 1 N–H and O–H groups in total. The van der Waals surface area contributed by atoms with Gasteiger partial charge in [0.1, 0.15) is 11.6 Å². The van der Waals surface area contributed by atoms with Crippen molar-refractivity contribution in [3.8, 4) is 0 Å². The summed E-state index contributed by atoms with van der Waals surface area (Å²) in [6, 6.07) is 0. The Balaban J connectivity index is 3.39. The van der Waals surface area contributed by atoms with E-state index < -0.39 is 48.2 Å². The van der Waals surface area contributed by atoms with Crippen LogP contribution in [-0.2, 0) is 0 Å². The van der Waals surface area contributed by atoms with Gasteiger partial charge in [-0.1, -0.05) is 26.2 Å². The minimum Gasteiger partial charge on any atom is -0.362 e. The molecular formula is C12H14F9NO. The van der Waals surface area contributed by atoms with Gasteiger partial charge in [-0.2, -0.15) is 39.5 Å². The lowest BCUT2D eigenvalue weighted by atomic mass is 9.80. The summed E-state index contributed by atoms with van der Waals surface area (Å²) in [6.45, 7) is 1.63. The number of alkyl halides is 9. The molecule has 0 aromatic rings. The Kier molecular flexibility index (Phi) is 5.35. The molecule has 0 bridgehead atoms. The van der Waals surface area contributed by atoms with Crippen molar-refractivity contribution < 1.29 is 44.6 Å². The van der Waals surface area contributed by atoms with Gasteiger partial charge in [-0.3, -0.25) is 0 Å². The molecule has 0 spiro atoms. The number of rotatable bonds is 4. The normalized spacial score (nSPS) is 29.8. The van der Waals surface area contributed by atoms with Gasteiger partial charge in [-0.05, 0) is 6.42 Å². The highest BCUT2D eigenvalue weighted by Gasteiger charge is 2.74. The monoisotopic (exact) mass is 359 g/mol. The van der Waals surface area contributed by atoms with Gasteiger partial charge in [0.15, 0.2) is 0 Å². The molecule has 0 fully saturated rings. The maximum Gasteiger partial charge on any atom is 0.438 e. The van der Waals surface area contributed by atoms with Crippen LogP contribution in [0.5, 0.6) is 0 Å². The van der Waals surface area contributed by atoms with Gasteiger partial charge in [0, 0.05) is 5.92 Å². The summed E-state index contributed by atoms with van der Waals surface area (Å²) in [6.07, 6.45) is -17.4. The molecule has 0 amide bonds. The van der Waals surface area contributed by atoms with E-state index in [0.717, 1.165) is 0 Å². The van der Waals surface area contributed by atoms with Crippen molar-refractivity contribution >= 4 is 5.71 Å². The summed E-state index contributed by atoms with van der Waals surface area (Å²) in [5.41, 5.74) is -7.04. The standard InChI is InChI=1S/C12H14F9NO/c1-2-3-4-5-6-7(10(13,14)15)9(23,12(19,20)21)22-8(6)11(16,17)18/h6-7,23H,2-5H2,1H3/t6?,7-,9+/m1/s1. The summed E-state index contributed by atoms with van der Waals surface area (Å²) in [5, 5.41) is 9.35. The zero-order chi connectivity index (χ0) is 18.3. The van der Waals surface area contributed by atoms with Crippen molar-refractivity contribution in [2.45, 2.75) is 56.9 Å². The molecule has 0 aromatic carbocycles. The van der Waals surface area contributed by atoms with E-state index in [0.29, 0.717) is 6.42 Å². The molecule has 1 unspecified atom stereocenters. The number of halogens is 9. The van der Waals surface area contributed by atoms with E-state index >= 15 is 0 Å². The summed E-state index contributed by atoms with van der Waals surface area (Å²) >= 11 is 0. The molecule has 1 rings (SSSR count). The lowest BCUT2D eigenvalue weighted by Crippen LogP contribution is -2.54. The average molecular weight is 359 g/mol. The Labute approximate surface area is 125 Å².